The first kappa shape index (κ1) is 15.4. The van der Waals surface area contributed by atoms with Crippen LogP contribution in [-0.4, -0.2) is 19.6 Å². The van der Waals surface area contributed by atoms with E-state index in [9.17, 15) is 4.79 Å². The smallest absolute Gasteiger partial charge is 0.193 e. The zero-order valence-corrected chi connectivity index (χ0v) is 13.3. The average molecular weight is 331 g/mol. The van der Waals surface area contributed by atoms with Crippen LogP contribution in [0.15, 0.2) is 57.7 Å². The van der Waals surface area contributed by atoms with Crippen LogP contribution in [0, 0.1) is 0 Å². The van der Waals surface area contributed by atoms with Gasteiger partial charge in [-0.25, -0.2) is 0 Å². The first-order valence-electron chi connectivity index (χ1n) is 7.12. The fraction of sp³-hybridized carbons (Fsp3) is 0.167. The average Bonchev–Trinajstić information content (AvgIpc) is 2.59. The summed E-state index contributed by atoms with van der Waals surface area (Å²) >= 11 is 5.59. The monoisotopic (exact) mass is 330 g/mol. The number of benzene rings is 2. The minimum Gasteiger partial charge on any atom is -0.497 e. The zero-order chi connectivity index (χ0) is 16.2. The largest absolute Gasteiger partial charge is 0.497 e. The SMILES string of the molecule is COc1ccc2c(=O)cc(-c3ccc(OCCCl)cc3)oc2c1. The quantitative estimate of drug-likeness (QED) is 0.661. The molecule has 0 spiro atoms. The number of alkyl halides is 1. The van der Waals surface area contributed by atoms with Gasteiger partial charge in [0.2, 0.25) is 0 Å². The number of hydrogen-bond acceptors (Lipinski definition) is 4. The molecule has 0 atom stereocenters. The Balaban J connectivity index is 2.00. The molecular formula is C18H15ClO4. The summed E-state index contributed by atoms with van der Waals surface area (Å²) in [4.78, 5) is 12.2. The van der Waals surface area contributed by atoms with Gasteiger partial charge in [0.1, 0.15) is 29.4 Å². The Morgan fingerprint density at radius 2 is 1.78 bits per heavy atom. The lowest BCUT2D eigenvalue weighted by atomic mass is 10.1. The number of methoxy groups -OCH3 is 1. The third-order valence-electron chi connectivity index (χ3n) is 3.42. The van der Waals surface area contributed by atoms with Crippen LogP contribution < -0.4 is 14.9 Å². The van der Waals surface area contributed by atoms with Gasteiger partial charge in [-0.1, -0.05) is 0 Å². The van der Waals surface area contributed by atoms with Crippen LogP contribution >= 0.6 is 11.6 Å². The maximum Gasteiger partial charge on any atom is 0.193 e. The minimum absolute atomic E-state index is 0.0913. The van der Waals surface area contributed by atoms with Gasteiger partial charge in [0.25, 0.3) is 0 Å². The van der Waals surface area contributed by atoms with E-state index < -0.39 is 0 Å². The van der Waals surface area contributed by atoms with E-state index in [1.54, 1.807) is 25.3 Å². The number of fused-ring (bicyclic) bond motifs is 1. The molecule has 4 nitrogen and oxygen atoms in total. The van der Waals surface area contributed by atoms with Crippen LogP contribution in [-0.2, 0) is 0 Å². The Bertz CT molecular complexity index is 868. The summed E-state index contributed by atoms with van der Waals surface area (Å²) in [5.41, 5.74) is 1.20. The minimum atomic E-state index is -0.0913. The van der Waals surface area contributed by atoms with E-state index in [-0.39, 0.29) is 5.43 Å². The standard InChI is InChI=1S/C18H15ClO4/c1-21-14-6-7-15-16(20)11-17(23-18(15)10-14)12-2-4-13(5-3-12)22-9-8-19/h2-7,10-11H,8-9H2,1H3. The molecule has 0 saturated heterocycles. The van der Waals surface area contributed by atoms with Crippen molar-refractivity contribution < 1.29 is 13.9 Å². The molecule has 0 N–H and O–H groups in total. The van der Waals surface area contributed by atoms with Crippen LogP contribution in [0.4, 0.5) is 0 Å². The summed E-state index contributed by atoms with van der Waals surface area (Å²) in [5, 5.41) is 0.525. The van der Waals surface area contributed by atoms with E-state index in [4.69, 9.17) is 25.5 Å². The second-order valence-corrected chi connectivity index (χ2v) is 5.28. The van der Waals surface area contributed by atoms with Crippen LogP contribution in [0.2, 0.25) is 0 Å². The van der Waals surface area contributed by atoms with Gasteiger partial charge in [0.15, 0.2) is 5.43 Å². The highest BCUT2D eigenvalue weighted by atomic mass is 35.5. The Labute approximate surface area is 138 Å². The molecule has 118 valence electrons. The van der Waals surface area contributed by atoms with Crippen LogP contribution in [0.1, 0.15) is 0 Å². The number of ether oxygens (including phenoxy) is 2. The van der Waals surface area contributed by atoms with Crippen molar-refractivity contribution in [2.24, 2.45) is 0 Å². The fourth-order valence-corrected chi connectivity index (χ4v) is 2.35. The molecule has 3 rings (SSSR count). The second kappa shape index (κ2) is 6.75. The van der Waals surface area contributed by atoms with Gasteiger partial charge in [0.05, 0.1) is 18.4 Å². The van der Waals surface area contributed by atoms with Gasteiger partial charge in [-0.3, -0.25) is 4.79 Å². The Morgan fingerprint density at radius 3 is 2.48 bits per heavy atom. The van der Waals surface area contributed by atoms with E-state index in [2.05, 4.69) is 0 Å². The molecule has 0 aliphatic carbocycles. The van der Waals surface area contributed by atoms with Crippen molar-refractivity contribution in [1.29, 1.82) is 0 Å². The summed E-state index contributed by atoms with van der Waals surface area (Å²) in [6.07, 6.45) is 0. The van der Waals surface area contributed by atoms with E-state index in [1.165, 1.54) is 6.07 Å². The highest BCUT2D eigenvalue weighted by molar-refractivity contribution is 6.18. The second-order valence-electron chi connectivity index (χ2n) is 4.90. The van der Waals surface area contributed by atoms with Crippen molar-refractivity contribution in [2.45, 2.75) is 0 Å². The van der Waals surface area contributed by atoms with Gasteiger partial charge >= 0.3 is 0 Å². The molecule has 1 heterocycles. The molecule has 0 bridgehead atoms. The maximum atomic E-state index is 12.2. The third-order valence-corrected chi connectivity index (χ3v) is 3.58. The van der Waals surface area contributed by atoms with E-state index in [0.717, 1.165) is 11.3 Å². The lowest BCUT2D eigenvalue weighted by Crippen LogP contribution is -2.01. The molecule has 0 aliphatic rings. The maximum absolute atomic E-state index is 12.2. The Hall–Kier alpha value is -2.46. The Kier molecular flexibility index (Phi) is 4.53. The molecule has 0 saturated carbocycles. The summed E-state index contributed by atoms with van der Waals surface area (Å²) in [7, 11) is 1.57. The van der Waals surface area contributed by atoms with Crippen molar-refractivity contribution in [2.75, 3.05) is 19.6 Å². The molecule has 0 radical (unpaired) electrons. The molecule has 1 aromatic heterocycles. The van der Waals surface area contributed by atoms with E-state index >= 15 is 0 Å². The summed E-state index contributed by atoms with van der Waals surface area (Å²) in [6.45, 7) is 0.450. The molecule has 0 unspecified atom stereocenters. The number of rotatable bonds is 5. The predicted molar refractivity (Wildman–Crippen MR) is 90.7 cm³/mol. The highest BCUT2D eigenvalue weighted by Gasteiger charge is 2.08. The van der Waals surface area contributed by atoms with Gasteiger partial charge < -0.3 is 13.9 Å². The molecule has 23 heavy (non-hydrogen) atoms. The lowest BCUT2D eigenvalue weighted by molar-refractivity contribution is 0.343. The molecule has 0 amide bonds. The van der Waals surface area contributed by atoms with Gasteiger partial charge in [-0.2, -0.15) is 0 Å². The molecule has 5 heteroatoms. The highest BCUT2D eigenvalue weighted by Crippen LogP contribution is 2.26. The first-order valence-corrected chi connectivity index (χ1v) is 7.66. The fourth-order valence-electron chi connectivity index (χ4n) is 2.28. The predicted octanol–water partition coefficient (Wildman–Crippen LogP) is 4.09. The van der Waals surface area contributed by atoms with E-state index in [0.29, 0.717) is 35.0 Å². The van der Waals surface area contributed by atoms with Gasteiger partial charge in [0, 0.05) is 17.7 Å². The number of halogens is 1. The van der Waals surface area contributed by atoms with Gasteiger partial charge in [-0.05, 0) is 36.4 Å². The Morgan fingerprint density at radius 1 is 1.04 bits per heavy atom. The first-order chi connectivity index (χ1) is 11.2. The summed E-state index contributed by atoms with van der Waals surface area (Å²) < 4.78 is 16.5. The van der Waals surface area contributed by atoms with Crippen molar-refractivity contribution in [3.05, 3.63) is 58.8 Å². The summed E-state index contributed by atoms with van der Waals surface area (Å²) in [6, 6.07) is 14.0. The number of hydrogen-bond donors (Lipinski definition) is 0. The topological polar surface area (TPSA) is 48.7 Å². The molecular weight excluding hydrogens is 316 g/mol. The molecule has 0 fully saturated rings. The van der Waals surface area contributed by atoms with Crippen LogP contribution in [0.3, 0.4) is 0 Å². The van der Waals surface area contributed by atoms with E-state index in [1.807, 2.05) is 24.3 Å². The van der Waals surface area contributed by atoms with Crippen molar-refractivity contribution in [1.82, 2.24) is 0 Å². The molecule has 0 aliphatic heterocycles. The van der Waals surface area contributed by atoms with Crippen LogP contribution in [0.25, 0.3) is 22.3 Å². The lowest BCUT2D eigenvalue weighted by Gasteiger charge is -2.07. The van der Waals surface area contributed by atoms with Crippen molar-refractivity contribution in [3.63, 3.8) is 0 Å². The summed E-state index contributed by atoms with van der Waals surface area (Å²) in [5.74, 6) is 2.30. The third kappa shape index (κ3) is 3.32. The molecule has 2 aromatic carbocycles. The van der Waals surface area contributed by atoms with Crippen molar-refractivity contribution in [3.8, 4) is 22.8 Å². The van der Waals surface area contributed by atoms with Gasteiger partial charge in [-0.15, -0.1) is 11.6 Å². The molecule has 3 aromatic rings. The normalized spacial score (nSPS) is 10.7. The zero-order valence-electron chi connectivity index (χ0n) is 12.5. The van der Waals surface area contributed by atoms with Crippen molar-refractivity contribution >= 4 is 22.6 Å². The van der Waals surface area contributed by atoms with Crippen LogP contribution in [0.5, 0.6) is 11.5 Å².